The zero-order valence-corrected chi connectivity index (χ0v) is 10.2. The summed E-state index contributed by atoms with van der Waals surface area (Å²) in [5, 5.41) is 6.81. The molecular weight excluding hydrogens is 275 g/mol. The van der Waals surface area contributed by atoms with Crippen molar-refractivity contribution in [3.05, 3.63) is 24.2 Å². The van der Waals surface area contributed by atoms with Gasteiger partial charge in [-0.1, -0.05) is 0 Å². The number of anilines is 2. The number of fused-ring (bicyclic) bond motifs is 1. The van der Waals surface area contributed by atoms with E-state index in [4.69, 9.17) is 5.73 Å². The highest BCUT2D eigenvalue weighted by atomic mass is 19.4. The molecule has 106 valence electrons. The zero-order valence-electron chi connectivity index (χ0n) is 10.2. The summed E-state index contributed by atoms with van der Waals surface area (Å²) in [6, 6.07) is 0. The molecule has 0 radical (unpaired) electrons. The maximum atomic E-state index is 12.7. The van der Waals surface area contributed by atoms with E-state index in [1.54, 1.807) is 4.90 Å². The topological polar surface area (TPSA) is 85.8 Å². The van der Waals surface area contributed by atoms with Gasteiger partial charge >= 0.3 is 6.18 Å². The Kier molecular flexibility index (Phi) is 2.73. The van der Waals surface area contributed by atoms with Crippen molar-refractivity contribution in [1.82, 2.24) is 24.7 Å². The SMILES string of the molecule is Nc1cncnc1N1CCn2c(nnc2C(F)(F)F)C1. The van der Waals surface area contributed by atoms with Crippen LogP contribution in [0.25, 0.3) is 0 Å². The number of hydrogen-bond donors (Lipinski definition) is 1. The molecule has 1 aliphatic rings. The standard InChI is InChI=1S/C10H10F3N7/c11-10(12,13)9-18-17-7-4-19(1-2-20(7)9)8-6(14)3-15-5-16-8/h3,5H,1-2,4,14H2. The van der Waals surface area contributed by atoms with Crippen LogP contribution in [0.5, 0.6) is 0 Å². The second kappa shape index (κ2) is 4.32. The molecule has 1 aliphatic heterocycles. The lowest BCUT2D eigenvalue weighted by molar-refractivity contribution is -0.147. The van der Waals surface area contributed by atoms with Crippen molar-refractivity contribution in [1.29, 1.82) is 0 Å². The van der Waals surface area contributed by atoms with Crippen LogP contribution in [0.3, 0.4) is 0 Å². The molecule has 3 rings (SSSR count). The van der Waals surface area contributed by atoms with Crippen LogP contribution in [0.1, 0.15) is 11.6 Å². The number of aromatic nitrogens is 5. The molecule has 0 aliphatic carbocycles. The Hall–Kier alpha value is -2.39. The van der Waals surface area contributed by atoms with Gasteiger partial charge in [-0.2, -0.15) is 13.2 Å². The number of halogens is 3. The number of nitrogen functional groups attached to an aromatic ring is 1. The first-order valence-electron chi connectivity index (χ1n) is 5.76. The molecule has 0 saturated carbocycles. The second-order valence-corrected chi connectivity index (χ2v) is 4.31. The smallest absolute Gasteiger partial charge is 0.394 e. The van der Waals surface area contributed by atoms with Crippen molar-refractivity contribution in [3.63, 3.8) is 0 Å². The predicted molar refractivity (Wildman–Crippen MR) is 62.5 cm³/mol. The molecule has 0 aromatic carbocycles. The third kappa shape index (κ3) is 2.02. The van der Waals surface area contributed by atoms with E-state index >= 15 is 0 Å². The zero-order chi connectivity index (χ0) is 14.3. The molecule has 20 heavy (non-hydrogen) atoms. The monoisotopic (exact) mass is 285 g/mol. The van der Waals surface area contributed by atoms with Crippen LogP contribution in [0, 0.1) is 0 Å². The van der Waals surface area contributed by atoms with Crippen LogP contribution in [-0.2, 0) is 19.3 Å². The first-order valence-corrected chi connectivity index (χ1v) is 5.76. The van der Waals surface area contributed by atoms with Crippen LogP contribution >= 0.6 is 0 Å². The molecule has 0 unspecified atom stereocenters. The molecule has 0 amide bonds. The number of rotatable bonds is 1. The maximum absolute atomic E-state index is 12.7. The van der Waals surface area contributed by atoms with E-state index in [1.807, 2.05) is 0 Å². The van der Waals surface area contributed by atoms with Gasteiger partial charge in [0.2, 0.25) is 5.82 Å². The summed E-state index contributed by atoms with van der Waals surface area (Å²) in [4.78, 5) is 9.57. The average molecular weight is 285 g/mol. The van der Waals surface area contributed by atoms with Gasteiger partial charge in [-0.25, -0.2) is 9.97 Å². The summed E-state index contributed by atoms with van der Waals surface area (Å²) in [5.74, 6) is -0.243. The van der Waals surface area contributed by atoms with Crippen LogP contribution in [0.15, 0.2) is 12.5 Å². The third-order valence-corrected chi connectivity index (χ3v) is 3.02. The van der Waals surface area contributed by atoms with Crippen molar-refractivity contribution < 1.29 is 13.2 Å². The molecule has 0 bridgehead atoms. The minimum Gasteiger partial charge on any atom is -0.394 e. The summed E-state index contributed by atoms with van der Waals surface area (Å²) in [6.45, 7) is 0.639. The van der Waals surface area contributed by atoms with Crippen molar-refractivity contribution in [3.8, 4) is 0 Å². The summed E-state index contributed by atoms with van der Waals surface area (Å²) in [5.41, 5.74) is 6.13. The summed E-state index contributed by atoms with van der Waals surface area (Å²) < 4.78 is 39.2. The van der Waals surface area contributed by atoms with Gasteiger partial charge < -0.3 is 15.2 Å². The fourth-order valence-corrected chi connectivity index (χ4v) is 2.15. The predicted octanol–water partition coefficient (Wildman–Crippen LogP) is 0.689. The van der Waals surface area contributed by atoms with Gasteiger partial charge in [0.15, 0.2) is 11.6 Å². The van der Waals surface area contributed by atoms with Crippen LogP contribution in [0.4, 0.5) is 24.7 Å². The van der Waals surface area contributed by atoms with E-state index in [0.717, 1.165) is 4.57 Å². The van der Waals surface area contributed by atoms with Gasteiger partial charge in [-0.05, 0) is 0 Å². The van der Waals surface area contributed by atoms with E-state index in [2.05, 4.69) is 20.2 Å². The summed E-state index contributed by atoms with van der Waals surface area (Å²) in [6.07, 6.45) is -1.71. The van der Waals surface area contributed by atoms with Crippen molar-refractivity contribution in [2.75, 3.05) is 17.2 Å². The van der Waals surface area contributed by atoms with E-state index in [9.17, 15) is 13.2 Å². The summed E-state index contributed by atoms with van der Waals surface area (Å²) >= 11 is 0. The highest BCUT2D eigenvalue weighted by Gasteiger charge is 2.39. The minimum atomic E-state index is -4.50. The average Bonchev–Trinajstić information content (AvgIpc) is 2.82. The van der Waals surface area contributed by atoms with E-state index in [0.29, 0.717) is 18.1 Å². The Morgan fingerprint density at radius 1 is 1.20 bits per heavy atom. The molecule has 7 nitrogen and oxygen atoms in total. The Balaban J connectivity index is 1.91. The molecule has 3 heterocycles. The first kappa shape index (κ1) is 12.6. The molecule has 0 saturated heterocycles. The Labute approximate surface area is 111 Å². The van der Waals surface area contributed by atoms with Gasteiger partial charge in [-0.15, -0.1) is 10.2 Å². The highest BCUT2D eigenvalue weighted by Crippen LogP contribution is 2.30. The van der Waals surface area contributed by atoms with Crippen LogP contribution < -0.4 is 10.6 Å². The molecule has 2 aromatic rings. The molecule has 2 N–H and O–H groups in total. The molecule has 0 fully saturated rings. The lowest BCUT2D eigenvalue weighted by atomic mass is 10.3. The second-order valence-electron chi connectivity index (χ2n) is 4.31. The van der Waals surface area contributed by atoms with E-state index in [-0.39, 0.29) is 18.9 Å². The minimum absolute atomic E-state index is 0.126. The molecular formula is C10H10F3N7. The van der Waals surface area contributed by atoms with Crippen LogP contribution in [0.2, 0.25) is 0 Å². The Morgan fingerprint density at radius 2 is 2.00 bits per heavy atom. The largest absolute Gasteiger partial charge is 0.451 e. The van der Waals surface area contributed by atoms with E-state index in [1.165, 1.54) is 12.5 Å². The first-order chi connectivity index (χ1) is 9.47. The summed E-state index contributed by atoms with van der Waals surface area (Å²) in [7, 11) is 0. The Morgan fingerprint density at radius 3 is 2.70 bits per heavy atom. The van der Waals surface area contributed by atoms with Gasteiger partial charge in [0.05, 0.1) is 18.4 Å². The lowest BCUT2D eigenvalue weighted by Crippen LogP contribution is -2.36. The van der Waals surface area contributed by atoms with Gasteiger partial charge in [0, 0.05) is 13.1 Å². The Bertz CT molecular complexity index is 636. The number of alkyl halides is 3. The quantitative estimate of drug-likeness (QED) is 0.829. The fourth-order valence-electron chi connectivity index (χ4n) is 2.15. The third-order valence-electron chi connectivity index (χ3n) is 3.02. The van der Waals surface area contributed by atoms with Gasteiger partial charge in [0.1, 0.15) is 6.33 Å². The lowest BCUT2D eigenvalue weighted by Gasteiger charge is -2.29. The number of hydrogen-bond acceptors (Lipinski definition) is 6. The van der Waals surface area contributed by atoms with Gasteiger partial charge in [0.25, 0.3) is 0 Å². The molecule has 10 heteroatoms. The van der Waals surface area contributed by atoms with Crippen molar-refractivity contribution in [2.45, 2.75) is 19.3 Å². The van der Waals surface area contributed by atoms with Crippen molar-refractivity contribution in [2.24, 2.45) is 0 Å². The van der Waals surface area contributed by atoms with Crippen molar-refractivity contribution >= 4 is 11.5 Å². The number of nitrogens with zero attached hydrogens (tertiary/aromatic N) is 6. The fraction of sp³-hybridized carbons (Fsp3) is 0.400. The molecule has 0 spiro atoms. The normalized spacial score (nSPS) is 15.2. The molecule has 0 atom stereocenters. The van der Waals surface area contributed by atoms with Gasteiger partial charge in [-0.3, -0.25) is 0 Å². The van der Waals surface area contributed by atoms with E-state index < -0.39 is 12.0 Å². The number of nitrogens with two attached hydrogens (primary N) is 1. The van der Waals surface area contributed by atoms with Crippen LogP contribution in [-0.4, -0.2) is 31.3 Å². The maximum Gasteiger partial charge on any atom is 0.451 e. The highest BCUT2D eigenvalue weighted by molar-refractivity contribution is 5.61. The molecule has 2 aromatic heterocycles.